The van der Waals surface area contributed by atoms with Gasteiger partial charge in [-0.3, -0.25) is 19.5 Å². The topological polar surface area (TPSA) is 158 Å². The van der Waals surface area contributed by atoms with E-state index in [4.69, 9.17) is 14.2 Å². The van der Waals surface area contributed by atoms with Crippen molar-refractivity contribution < 1.29 is 42.5 Å². The third-order valence-electron chi connectivity index (χ3n) is 5.45. The number of amides is 2. The number of benzene rings is 1. The van der Waals surface area contributed by atoms with Crippen molar-refractivity contribution in [3.05, 3.63) is 53.1 Å². The standard InChI is InChI=1S/C24H28F2N4O8/c1-2-3-13-36-23(35)29-17-11-12-30(22(34)28-17)21-24(25,26)20(33)16(38-21)14-37-19(32)10-9-18(31)27-15-7-5-4-6-8-15/h4-8,11-12,16,20-21,33H,2-3,9-10,13-14H2,1H3,(H,27,31)(H,28,29,34,35)/t16-,20-,21-/m1/s1. The minimum absolute atomic E-state index is 0.159. The van der Waals surface area contributed by atoms with Crippen LogP contribution in [0.4, 0.5) is 25.1 Å². The van der Waals surface area contributed by atoms with E-state index < -0.39 is 54.6 Å². The molecular formula is C24H28F2N4O8. The van der Waals surface area contributed by atoms with Gasteiger partial charge in [0, 0.05) is 18.3 Å². The summed E-state index contributed by atoms with van der Waals surface area (Å²) in [6.45, 7) is 1.33. The Bertz CT molecular complexity index is 1180. The fourth-order valence-corrected chi connectivity index (χ4v) is 3.42. The predicted octanol–water partition coefficient (Wildman–Crippen LogP) is 2.45. The van der Waals surface area contributed by atoms with E-state index in [1.165, 1.54) is 0 Å². The number of ether oxygens (including phenoxy) is 3. The molecule has 0 radical (unpaired) electrons. The largest absolute Gasteiger partial charge is 0.463 e. The molecule has 3 N–H and O–H groups in total. The Balaban J connectivity index is 1.53. The molecule has 0 spiro atoms. The molecule has 1 aliphatic heterocycles. The van der Waals surface area contributed by atoms with Gasteiger partial charge in [-0.25, -0.2) is 9.59 Å². The van der Waals surface area contributed by atoms with Crippen molar-refractivity contribution in [1.29, 1.82) is 0 Å². The molecule has 0 saturated carbocycles. The van der Waals surface area contributed by atoms with Gasteiger partial charge >= 0.3 is 23.7 Å². The third kappa shape index (κ3) is 7.55. The number of aliphatic hydroxyl groups excluding tert-OH is 1. The van der Waals surface area contributed by atoms with Crippen LogP contribution in [0.3, 0.4) is 0 Å². The minimum atomic E-state index is -3.94. The van der Waals surface area contributed by atoms with Crippen molar-refractivity contribution in [3.63, 3.8) is 0 Å². The average Bonchev–Trinajstić information content (AvgIpc) is 3.10. The molecular weight excluding hydrogens is 510 g/mol. The third-order valence-corrected chi connectivity index (χ3v) is 5.45. The van der Waals surface area contributed by atoms with E-state index in [1.807, 2.05) is 6.92 Å². The lowest BCUT2D eigenvalue weighted by Gasteiger charge is -2.21. The lowest BCUT2D eigenvalue weighted by atomic mass is 10.1. The number of alkyl halides is 2. The maximum Gasteiger partial charge on any atom is 0.412 e. The Morgan fingerprint density at radius 2 is 1.87 bits per heavy atom. The van der Waals surface area contributed by atoms with Gasteiger partial charge in [0.15, 0.2) is 6.10 Å². The summed E-state index contributed by atoms with van der Waals surface area (Å²) in [6.07, 6.45) is -5.36. The molecule has 1 fully saturated rings. The Labute approximate surface area is 215 Å². The molecule has 1 saturated heterocycles. The van der Waals surface area contributed by atoms with Crippen LogP contribution in [0.2, 0.25) is 0 Å². The summed E-state index contributed by atoms with van der Waals surface area (Å²) in [5.41, 5.74) is -0.641. The van der Waals surface area contributed by atoms with Crippen LogP contribution < -0.4 is 16.3 Å². The van der Waals surface area contributed by atoms with Crippen LogP contribution in [-0.4, -0.2) is 64.0 Å². The van der Waals surface area contributed by atoms with Crippen LogP contribution in [0.15, 0.2) is 47.4 Å². The monoisotopic (exact) mass is 538 g/mol. The second-order valence-electron chi connectivity index (χ2n) is 8.36. The number of aliphatic hydroxyl groups is 1. The average molecular weight is 539 g/mol. The number of hydrogen-bond acceptors (Lipinski definition) is 9. The summed E-state index contributed by atoms with van der Waals surface area (Å²) in [6, 6.07) is 9.63. The van der Waals surface area contributed by atoms with Gasteiger partial charge in [-0.05, 0) is 24.6 Å². The normalized spacial score (nSPS) is 19.9. The number of carbonyl (C=O) groups excluding carboxylic acids is 3. The number of nitrogens with zero attached hydrogens (tertiary/aromatic N) is 2. The number of anilines is 2. The second-order valence-corrected chi connectivity index (χ2v) is 8.36. The lowest BCUT2D eigenvalue weighted by Crippen LogP contribution is -2.42. The number of aromatic nitrogens is 2. The first kappa shape index (κ1) is 28.7. The molecule has 0 unspecified atom stereocenters. The van der Waals surface area contributed by atoms with Crippen LogP contribution in [-0.2, 0) is 23.8 Å². The molecule has 0 bridgehead atoms. The maximum atomic E-state index is 14.7. The van der Waals surface area contributed by atoms with Gasteiger partial charge in [0.05, 0.1) is 13.0 Å². The van der Waals surface area contributed by atoms with Crippen molar-refractivity contribution in [2.75, 3.05) is 23.8 Å². The van der Waals surface area contributed by atoms with Crippen LogP contribution in [0, 0.1) is 0 Å². The molecule has 206 valence electrons. The van der Waals surface area contributed by atoms with Gasteiger partial charge < -0.3 is 24.6 Å². The number of esters is 1. The van der Waals surface area contributed by atoms with E-state index in [9.17, 15) is 33.1 Å². The first-order chi connectivity index (χ1) is 18.1. The molecule has 14 heteroatoms. The SMILES string of the molecule is CCCCOC(=O)Nc1ccn([C@@H]2O[C@H](COC(=O)CCC(=O)Nc3ccccc3)[C@@H](O)C2(F)F)c(=O)n1. The fraction of sp³-hybridized carbons (Fsp3) is 0.458. The van der Waals surface area contributed by atoms with E-state index in [1.54, 1.807) is 30.3 Å². The molecule has 1 aromatic carbocycles. The van der Waals surface area contributed by atoms with Crippen molar-refractivity contribution in [2.45, 2.75) is 57.0 Å². The molecule has 1 aliphatic rings. The highest BCUT2D eigenvalue weighted by Crippen LogP contribution is 2.42. The van der Waals surface area contributed by atoms with Crippen molar-refractivity contribution in [3.8, 4) is 0 Å². The van der Waals surface area contributed by atoms with Gasteiger partial charge in [0.2, 0.25) is 12.1 Å². The van der Waals surface area contributed by atoms with Gasteiger partial charge in [-0.1, -0.05) is 31.5 Å². The molecule has 1 aromatic heterocycles. The van der Waals surface area contributed by atoms with E-state index in [2.05, 4.69) is 15.6 Å². The molecule has 0 aliphatic carbocycles. The Hall–Kier alpha value is -3.91. The highest BCUT2D eigenvalue weighted by Gasteiger charge is 2.60. The van der Waals surface area contributed by atoms with E-state index in [-0.39, 0.29) is 25.3 Å². The smallest absolute Gasteiger partial charge is 0.412 e. The summed E-state index contributed by atoms with van der Waals surface area (Å²) in [4.78, 5) is 51.5. The van der Waals surface area contributed by atoms with E-state index in [0.29, 0.717) is 16.7 Å². The summed E-state index contributed by atoms with van der Waals surface area (Å²) < 4.78 is 44.9. The Morgan fingerprint density at radius 1 is 1.13 bits per heavy atom. The summed E-state index contributed by atoms with van der Waals surface area (Å²) in [5.74, 6) is -5.48. The van der Waals surface area contributed by atoms with Crippen molar-refractivity contribution in [2.24, 2.45) is 0 Å². The summed E-state index contributed by atoms with van der Waals surface area (Å²) in [5, 5.41) is 14.9. The number of hydrogen-bond donors (Lipinski definition) is 3. The first-order valence-corrected chi connectivity index (χ1v) is 11.9. The van der Waals surface area contributed by atoms with Crippen molar-refractivity contribution >= 4 is 29.5 Å². The molecule has 2 aromatic rings. The highest BCUT2D eigenvalue weighted by molar-refractivity contribution is 5.92. The van der Waals surface area contributed by atoms with Crippen LogP contribution >= 0.6 is 0 Å². The molecule has 3 rings (SSSR count). The molecule has 3 atom stereocenters. The van der Waals surface area contributed by atoms with Gasteiger partial charge in [-0.15, -0.1) is 0 Å². The van der Waals surface area contributed by atoms with E-state index in [0.717, 1.165) is 18.7 Å². The van der Waals surface area contributed by atoms with Crippen LogP contribution in [0.5, 0.6) is 0 Å². The number of para-hydroxylation sites is 1. The fourth-order valence-electron chi connectivity index (χ4n) is 3.42. The lowest BCUT2D eigenvalue weighted by molar-refractivity contribution is -0.151. The zero-order valence-electron chi connectivity index (χ0n) is 20.5. The highest BCUT2D eigenvalue weighted by atomic mass is 19.3. The molecule has 2 heterocycles. The molecule has 2 amide bonds. The minimum Gasteiger partial charge on any atom is -0.463 e. The van der Waals surface area contributed by atoms with Gasteiger partial charge in [0.1, 0.15) is 18.5 Å². The Morgan fingerprint density at radius 3 is 2.55 bits per heavy atom. The van der Waals surface area contributed by atoms with Crippen LogP contribution in [0.1, 0.15) is 38.8 Å². The van der Waals surface area contributed by atoms with Gasteiger partial charge in [0.25, 0.3) is 0 Å². The zero-order chi connectivity index (χ0) is 27.7. The quantitative estimate of drug-likeness (QED) is 0.289. The molecule has 12 nitrogen and oxygen atoms in total. The number of unbranched alkanes of at least 4 members (excludes halogenated alkanes) is 1. The number of rotatable bonds is 11. The number of nitrogens with one attached hydrogen (secondary N) is 2. The second kappa shape index (κ2) is 13.1. The summed E-state index contributed by atoms with van der Waals surface area (Å²) in [7, 11) is 0. The van der Waals surface area contributed by atoms with Crippen molar-refractivity contribution in [1.82, 2.24) is 9.55 Å². The van der Waals surface area contributed by atoms with Gasteiger partial charge in [-0.2, -0.15) is 13.8 Å². The number of halogens is 2. The Kier molecular flexibility index (Phi) is 9.85. The molecule has 38 heavy (non-hydrogen) atoms. The van der Waals surface area contributed by atoms with E-state index >= 15 is 0 Å². The zero-order valence-corrected chi connectivity index (χ0v) is 20.5. The predicted molar refractivity (Wildman–Crippen MR) is 129 cm³/mol. The maximum absolute atomic E-state index is 14.7. The van der Waals surface area contributed by atoms with Crippen LogP contribution in [0.25, 0.3) is 0 Å². The number of carbonyl (C=O) groups is 3. The summed E-state index contributed by atoms with van der Waals surface area (Å²) >= 11 is 0. The first-order valence-electron chi connectivity index (χ1n) is 11.9.